The van der Waals surface area contributed by atoms with E-state index in [1.165, 1.54) is 4.31 Å². The summed E-state index contributed by atoms with van der Waals surface area (Å²) in [4.78, 5) is 14.9. The van der Waals surface area contributed by atoms with Gasteiger partial charge in [0.1, 0.15) is 0 Å². The van der Waals surface area contributed by atoms with Gasteiger partial charge in [0, 0.05) is 28.6 Å². The molecule has 1 fully saturated rings. The van der Waals surface area contributed by atoms with E-state index in [1.54, 1.807) is 36.0 Å². The van der Waals surface area contributed by atoms with Crippen LogP contribution in [0, 0.1) is 0 Å². The highest BCUT2D eigenvalue weighted by molar-refractivity contribution is 7.99. The number of benzene rings is 3. The second-order valence-electron chi connectivity index (χ2n) is 7.45. The molecule has 0 aromatic heterocycles. The molecule has 0 unspecified atom stereocenters. The molecule has 1 aliphatic rings. The van der Waals surface area contributed by atoms with Gasteiger partial charge in [-0.05, 0) is 55.3 Å². The highest BCUT2D eigenvalue weighted by Gasteiger charge is 2.27. The highest BCUT2D eigenvalue weighted by atomic mass is 32.2. The van der Waals surface area contributed by atoms with Crippen LogP contribution in [-0.4, -0.2) is 38.3 Å². The molecular formula is C24H25N3O3S2. The molecule has 1 saturated heterocycles. The first-order valence-corrected chi connectivity index (χ1v) is 12.7. The van der Waals surface area contributed by atoms with Crippen LogP contribution >= 0.6 is 11.8 Å². The fourth-order valence-electron chi connectivity index (χ4n) is 3.50. The predicted molar refractivity (Wildman–Crippen MR) is 129 cm³/mol. The van der Waals surface area contributed by atoms with Gasteiger partial charge in [-0.1, -0.05) is 48.2 Å². The zero-order chi connectivity index (χ0) is 22.4. The maximum absolute atomic E-state index is 12.8. The molecule has 2 N–H and O–H groups in total. The Morgan fingerprint density at radius 1 is 0.906 bits per heavy atom. The summed E-state index contributed by atoms with van der Waals surface area (Å²) in [5, 5.41) is 5.98. The van der Waals surface area contributed by atoms with Crippen LogP contribution in [0.15, 0.2) is 93.5 Å². The Kier molecular flexibility index (Phi) is 7.14. The van der Waals surface area contributed by atoms with Crippen molar-refractivity contribution < 1.29 is 13.2 Å². The fourth-order valence-corrected chi connectivity index (χ4v) is 5.98. The first kappa shape index (κ1) is 22.4. The molecule has 3 aromatic rings. The number of para-hydroxylation sites is 1. The van der Waals surface area contributed by atoms with Gasteiger partial charge in [0.2, 0.25) is 15.9 Å². The summed E-state index contributed by atoms with van der Waals surface area (Å²) in [6.07, 6.45) is 1.78. The van der Waals surface area contributed by atoms with Gasteiger partial charge in [-0.3, -0.25) is 4.79 Å². The van der Waals surface area contributed by atoms with Crippen LogP contribution < -0.4 is 10.6 Å². The molecule has 4 rings (SSSR count). The van der Waals surface area contributed by atoms with Crippen molar-refractivity contribution in [3.05, 3.63) is 78.9 Å². The lowest BCUT2D eigenvalue weighted by Gasteiger charge is -2.16. The van der Waals surface area contributed by atoms with Gasteiger partial charge in [0.05, 0.1) is 17.1 Å². The first-order valence-electron chi connectivity index (χ1n) is 10.5. The third-order valence-corrected chi connectivity index (χ3v) is 8.10. The van der Waals surface area contributed by atoms with E-state index in [4.69, 9.17) is 0 Å². The number of nitrogens with zero attached hydrogens (tertiary/aromatic N) is 1. The van der Waals surface area contributed by atoms with Gasteiger partial charge in [0.25, 0.3) is 0 Å². The van der Waals surface area contributed by atoms with Crippen LogP contribution in [0.5, 0.6) is 0 Å². The lowest BCUT2D eigenvalue weighted by Crippen LogP contribution is -2.28. The Morgan fingerprint density at radius 2 is 1.62 bits per heavy atom. The summed E-state index contributed by atoms with van der Waals surface area (Å²) in [6, 6.07) is 24.2. The molecule has 0 bridgehead atoms. The van der Waals surface area contributed by atoms with E-state index >= 15 is 0 Å². The van der Waals surface area contributed by atoms with Crippen molar-refractivity contribution in [1.82, 2.24) is 4.31 Å². The predicted octanol–water partition coefficient (Wildman–Crippen LogP) is 4.67. The minimum atomic E-state index is -3.49. The van der Waals surface area contributed by atoms with Crippen molar-refractivity contribution in [1.29, 1.82) is 0 Å². The quantitative estimate of drug-likeness (QED) is 0.503. The van der Waals surface area contributed by atoms with Crippen LogP contribution in [0.3, 0.4) is 0 Å². The van der Waals surface area contributed by atoms with Crippen molar-refractivity contribution in [3.63, 3.8) is 0 Å². The van der Waals surface area contributed by atoms with Crippen LogP contribution in [0.1, 0.15) is 12.8 Å². The number of hydrogen-bond donors (Lipinski definition) is 2. The van der Waals surface area contributed by atoms with Crippen LogP contribution in [0.25, 0.3) is 0 Å². The van der Waals surface area contributed by atoms with Crippen LogP contribution in [0.4, 0.5) is 11.4 Å². The molecular weight excluding hydrogens is 442 g/mol. The maximum Gasteiger partial charge on any atom is 0.243 e. The monoisotopic (exact) mass is 467 g/mol. The number of anilines is 2. The number of amides is 1. The standard InChI is InChI=1S/C24H25N3O3S2/c28-24(26-22-13-4-5-14-23(22)31-20-10-2-1-3-11-20)18-25-19-9-8-12-21(17-19)32(29,30)27-15-6-7-16-27/h1-5,8-14,17,25H,6-7,15-16,18H2,(H,26,28). The Bertz CT molecular complexity index is 1180. The second-order valence-corrected chi connectivity index (χ2v) is 10.5. The molecule has 166 valence electrons. The molecule has 32 heavy (non-hydrogen) atoms. The molecule has 0 spiro atoms. The summed E-state index contributed by atoms with van der Waals surface area (Å²) in [5.74, 6) is -0.209. The SMILES string of the molecule is O=C(CNc1cccc(S(=O)(=O)N2CCCC2)c1)Nc1ccccc1Sc1ccccc1. The minimum absolute atomic E-state index is 0.0254. The number of carbonyl (C=O) groups is 1. The van der Waals surface area contributed by atoms with E-state index in [0.29, 0.717) is 18.8 Å². The Morgan fingerprint density at radius 3 is 2.41 bits per heavy atom. The molecule has 0 saturated carbocycles. The Labute approximate surface area is 193 Å². The molecule has 6 nitrogen and oxygen atoms in total. The summed E-state index contributed by atoms with van der Waals surface area (Å²) in [7, 11) is -3.49. The fraction of sp³-hybridized carbons (Fsp3) is 0.208. The largest absolute Gasteiger partial charge is 0.376 e. The topological polar surface area (TPSA) is 78.5 Å². The minimum Gasteiger partial charge on any atom is -0.376 e. The van der Waals surface area contributed by atoms with E-state index in [2.05, 4.69) is 10.6 Å². The average Bonchev–Trinajstić information content (AvgIpc) is 3.36. The summed E-state index contributed by atoms with van der Waals surface area (Å²) in [6.45, 7) is 1.14. The lowest BCUT2D eigenvalue weighted by atomic mass is 10.3. The summed E-state index contributed by atoms with van der Waals surface area (Å²) in [5.41, 5.74) is 1.32. The molecule has 0 aliphatic carbocycles. The first-order chi connectivity index (χ1) is 15.5. The van der Waals surface area contributed by atoms with E-state index < -0.39 is 10.0 Å². The molecule has 8 heteroatoms. The van der Waals surface area contributed by atoms with Gasteiger partial charge in [-0.2, -0.15) is 4.31 Å². The second kappa shape index (κ2) is 10.2. The zero-order valence-electron chi connectivity index (χ0n) is 17.5. The van der Waals surface area contributed by atoms with E-state index in [1.807, 2.05) is 54.6 Å². The molecule has 0 atom stereocenters. The van der Waals surface area contributed by atoms with Crippen molar-refractivity contribution in [3.8, 4) is 0 Å². The molecule has 1 amide bonds. The average molecular weight is 468 g/mol. The van der Waals surface area contributed by atoms with Crippen molar-refractivity contribution in [2.45, 2.75) is 27.5 Å². The molecule has 1 aliphatic heterocycles. The number of nitrogens with one attached hydrogen (secondary N) is 2. The lowest BCUT2D eigenvalue weighted by molar-refractivity contribution is -0.114. The molecule has 1 heterocycles. The van der Waals surface area contributed by atoms with E-state index in [0.717, 1.165) is 28.3 Å². The Balaban J connectivity index is 1.39. The Hall–Kier alpha value is -2.81. The van der Waals surface area contributed by atoms with Gasteiger partial charge in [-0.25, -0.2) is 8.42 Å². The van der Waals surface area contributed by atoms with Crippen LogP contribution in [0.2, 0.25) is 0 Å². The number of carbonyl (C=O) groups excluding carboxylic acids is 1. The van der Waals surface area contributed by atoms with E-state index in [-0.39, 0.29) is 17.3 Å². The third-order valence-electron chi connectivity index (χ3n) is 5.12. The van der Waals surface area contributed by atoms with Crippen LogP contribution in [-0.2, 0) is 14.8 Å². The smallest absolute Gasteiger partial charge is 0.243 e. The molecule has 0 radical (unpaired) electrons. The van der Waals surface area contributed by atoms with Crippen molar-refractivity contribution in [2.24, 2.45) is 0 Å². The van der Waals surface area contributed by atoms with Gasteiger partial charge in [0.15, 0.2) is 0 Å². The normalized spacial score (nSPS) is 14.2. The van der Waals surface area contributed by atoms with Crippen molar-refractivity contribution in [2.75, 3.05) is 30.3 Å². The summed E-state index contributed by atoms with van der Waals surface area (Å²) >= 11 is 1.58. The summed E-state index contributed by atoms with van der Waals surface area (Å²) < 4.78 is 27.1. The van der Waals surface area contributed by atoms with Gasteiger partial charge >= 0.3 is 0 Å². The number of sulfonamides is 1. The highest BCUT2D eigenvalue weighted by Crippen LogP contribution is 2.33. The van der Waals surface area contributed by atoms with Gasteiger partial charge < -0.3 is 10.6 Å². The van der Waals surface area contributed by atoms with Gasteiger partial charge in [-0.15, -0.1) is 0 Å². The zero-order valence-corrected chi connectivity index (χ0v) is 19.2. The number of hydrogen-bond acceptors (Lipinski definition) is 5. The third kappa shape index (κ3) is 5.51. The van der Waals surface area contributed by atoms with Crippen molar-refractivity contribution >= 4 is 39.1 Å². The van der Waals surface area contributed by atoms with E-state index in [9.17, 15) is 13.2 Å². The number of rotatable bonds is 8. The maximum atomic E-state index is 12.8. The molecule has 3 aromatic carbocycles.